The Morgan fingerprint density at radius 1 is 0.929 bits per heavy atom. The summed E-state index contributed by atoms with van der Waals surface area (Å²) in [5, 5.41) is 9.96. The lowest BCUT2D eigenvalue weighted by molar-refractivity contribution is 0.293. The molecule has 4 rings (SSSR count). The molecule has 0 spiro atoms. The minimum atomic E-state index is 0.400. The van der Waals surface area contributed by atoms with Crippen molar-refractivity contribution >= 4 is 16.6 Å². The van der Waals surface area contributed by atoms with E-state index in [2.05, 4.69) is 11.1 Å². The number of nitrogens with zero attached hydrogens (tertiary/aromatic N) is 2. The second-order valence-electron chi connectivity index (χ2n) is 6.25. The first-order valence-electron chi connectivity index (χ1n) is 8.76. The minimum Gasteiger partial charge on any atom is -0.473 e. The molecule has 0 fully saturated rings. The average molecular weight is 367 g/mol. The van der Waals surface area contributed by atoms with Gasteiger partial charge < -0.3 is 15.2 Å². The number of nitriles is 1. The zero-order valence-electron chi connectivity index (χ0n) is 15.0. The highest BCUT2D eigenvalue weighted by atomic mass is 16.5. The van der Waals surface area contributed by atoms with E-state index < -0.39 is 0 Å². The molecule has 2 N–H and O–H groups in total. The van der Waals surface area contributed by atoms with Crippen LogP contribution >= 0.6 is 0 Å². The quantitative estimate of drug-likeness (QED) is 0.499. The van der Waals surface area contributed by atoms with Crippen LogP contribution < -0.4 is 15.2 Å². The van der Waals surface area contributed by atoms with Crippen LogP contribution in [0.25, 0.3) is 10.9 Å². The highest BCUT2D eigenvalue weighted by Gasteiger charge is 2.11. The number of fused-ring (bicyclic) bond motifs is 1. The summed E-state index contributed by atoms with van der Waals surface area (Å²) < 4.78 is 11.9. The summed E-state index contributed by atoms with van der Waals surface area (Å²) in [5.74, 6) is 1.65. The summed E-state index contributed by atoms with van der Waals surface area (Å²) in [6.45, 7) is 0.400. The lowest BCUT2D eigenvalue weighted by atomic mass is 10.1. The van der Waals surface area contributed by atoms with E-state index >= 15 is 0 Å². The van der Waals surface area contributed by atoms with Crippen molar-refractivity contribution in [2.75, 3.05) is 5.73 Å². The number of aromatic nitrogens is 1. The molecule has 3 aromatic carbocycles. The van der Waals surface area contributed by atoms with Gasteiger partial charge in [-0.15, -0.1) is 0 Å². The molecule has 0 aliphatic carbocycles. The Morgan fingerprint density at radius 2 is 1.71 bits per heavy atom. The highest BCUT2D eigenvalue weighted by Crippen LogP contribution is 2.33. The van der Waals surface area contributed by atoms with Crippen LogP contribution in [0.1, 0.15) is 11.1 Å². The second-order valence-corrected chi connectivity index (χ2v) is 6.25. The lowest BCUT2D eigenvalue weighted by Gasteiger charge is -2.12. The smallest absolute Gasteiger partial charge is 0.217 e. The Balaban J connectivity index is 1.71. The fraction of sp³-hybridized carbons (Fsp3) is 0.0435. The lowest BCUT2D eigenvalue weighted by Crippen LogP contribution is -1.98. The zero-order valence-corrected chi connectivity index (χ0v) is 15.0. The van der Waals surface area contributed by atoms with Crippen molar-refractivity contribution < 1.29 is 9.47 Å². The monoisotopic (exact) mass is 367 g/mol. The third kappa shape index (κ3) is 3.87. The SMILES string of the molecule is N#Cc1ccc2nc(OCc3ccccc3)cc(Oc3ccc(N)cc3)c2c1. The average Bonchev–Trinajstić information content (AvgIpc) is 2.74. The van der Waals surface area contributed by atoms with Crippen molar-refractivity contribution in [1.82, 2.24) is 4.98 Å². The van der Waals surface area contributed by atoms with E-state index in [4.69, 9.17) is 15.2 Å². The standard InChI is InChI=1S/C23H17N3O2/c24-14-17-6-11-21-20(12-17)22(28-19-9-7-18(25)8-10-19)13-23(26-21)27-15-16-4-2-1-3-5-16/h1-13H,15,25H2. The fourth-order valence-electron chi connectivity index (χ4n) is 2.79. The van der Waals surface area contributed by atoms with Crippen LogP contribution in [-0.2, 0) is 6.61 Å². The Hall–Kier alpha value is -4.04. The summed E-state index contributed by atoms with van der Waals surface area (Å²) in [4.78, 5) is 4.55. The van der Waals surface area contributed by atoms with Gasteiger partial charge in [-0.3, -0.25) is 0 Å². The number of pyridine rings is 1. The van der Waals surface area contributed by atoms with Gasteiger partial charge in [0.25, 0.3) is 0 Å². The molecule has 0 atom stereocenters. The molecule has 4 aromatic rings. The minimum absolute atomic E-state index is 0.400. The van der Waals surface area contributed by atoms with Crippen LogP contribution in [0.15, 0.2) is 78.9 Å². The number of nitrogens with two attached hydrogens (primary N) is 1. The predicted molar refractivity (Wildman–Crippen MR) is 108 cm³/mol. The number of nitrogen functional groups attached to an aromatic ring is 1. The first-order valence-corrected chi connectivity index (χ1v) is 8.76. The van der Waals surface area contributed by atoms with Crippen molar-refractivity contribution in [3.8, 4) is 23.4 Å². The number of anilines is 1. The van der Waals surface area contributed by atoms with E-state index in [0.717, 1.165) is 10.9 Å². The molecule has 0 aliphatic rings. The number of hydrogen-bond acceptors (Lipinski definition) is 5. The zero-order chi connectivity index (χ0) is 19.3. The summed E-state index contributed by atoms with van der Waals surface area (Å²) in [6.07, 6.45) is 0. The molecule has 0 saturated heterocycles. The van der Waals surface area contributed by atoms with E-state index in [9.17, 15) is 5.26 Å². The highest BCUT2D eigenvalue weighted by molar-refractivity contribution is 5.87. The van der Waals surface area contributed by atoms with Gasteiger partial charge in [-0.25, -0.2) is 4.98 Å². The third-order valence-corrected chi connectivity index (χ3v) is 4.21. The van der Waals surface area contributed by atoms with Crippen LogP contribution in [0.3, 0.4) is 0 Å². The van der Waals surface area contributed by atoms with Crippen LogP contribution in [0, 0.1) is 11.3 Å². The van der Waals surface area contributed by atoms with E-state index in [-0.39, 0.29) is 0 Å². The van der Waals surface area contributed by atoms with Crippen molar-refractivity contribution in [3.05, 3.63) is 90.0 Å². The summed E-state index contributed by atoms with van der Waals surface area (Å²) >= 11 is 0. The molecule has 0 bridgehead atoms. The number of rotatable bonds is 5. The van der Waals surface area contributed by atoms with Gasteiger partial charge in [-0.1, -0.05) is 30.3 Å². The Bertz CT molecular complexity index is 1150. The predicted octanol–water partition coefficient (Wildman–Crippen LogP) is 5.06. The maximum absolute atomic E-state index is 9.22. The van der Waals surface area contributed by atoms with Gasteiger partial charge in [0, 0.05) is 17.1 Å². The largest absolute Gasteiger partial charge is 0.473 e. The van der Waals surface area contributed by atoms with Gasteiger partial charge in [-0.2, -0.15) is 5.26 Å². The molecule has 28 heavy (non-hydrogen) atoms. The number of benzene rings is 3. The molecular formula is C23H17N3O2. The fourth-order valence-corrected chi connectivity index (χ4v) is 2.79. The molecule has 0 aliphatic heterocycles. The van der Waals surface area contributed by atoms with E-state index in [1.54, 1.807) is 48.5 Å². The molecule has 1 heterocycles. The van der Waals surface area contributed by atoms with Gasteiger partial charge in [0.1, 0.15) is 18.1 Å². The molecular weight excluding hydrogens is 350 g/mol. The van der Waals surface area contributed by atoms with Crippen LogP contribution in [0.4, 0.5) is 5.69 Å². The molecule has 136 valence electrons. The second kappa shape index (κ2) is 7.68. The Kier molecular flexibility index (Phi) is 4.77. The van der Waals surface area contributed by atoms with Crippen molar-refractivity contribution in [2.45, 2.75) is 6.61 Å². The molecule has 0 amide bonds. The van der Waals surface area contributed by atoms with Crippen LogP contribution in [0.2, 0.25) is 0 Å². The van der Waals surface area contributed by atoms with Gasteiger partial charge in [0.05, 0.1) is 17.1 Å². The molecule has 5 heteroatoms. The maximum Gasteiger partial charge on any atom is 0.217 e. The summed E-state index contributed by atoms with van der Waals surface area (Å²) in [5.41, 5.74) is 8.68. The molecule has 0 radical (unpaired) electrons. The topological polar surface area (TPSA) is 81.2 Å². The van der Waals surface area contributed by atoms with E-state index in [1.165, 1.54) is 0 Å². The number of hydrogen-bond donors (Lipinski definition) is 1. The van der Waals surface area contributed by atoms with Gasteiger partial charge >= 0.3 is 0 Å². The van der Waals surface area contributed by atoms with E-state index in [1.807, 2.05) is 30.3 Å². The molecule has 1 aromatic heterocycles. The van der Waals surface area contributed by atoms with Crippen LogP contribution in [0.5, 0.6) is 17.4 Å². The van der Waals surface area contributed by atoms with Gasteiger partial charge in [0.2, 0.25) is 5.88 Å². The molecule has 0 unspecified atom stereocenters. The first kappa shape index (κ1) is 17.4. The third-order valence-electron chi connectivity index (χ3n) is 4.21. The van der Waals surface area contributed by atoms with Crippen molar-refractivity contribution in [2.24, 2.45) is 0 Å². The summed E-state index contributed by atoms with van der Waals surface area (Å²) in [6, 6.07) is 26.2. The first-order chi connectivity index (χ1) is 13.7. The normalized spacial score (nSPS) is 10.4. The van der Waals surface area contributed by atoms with E-state index in [0.29, 0.717) is 40.8 Å². The van der Waals surface area contributed by atoms with Crippen molar-refractivity contribution in [1.29, 1.82) is 5.26 Å². The van der Waals surface area contributed by atoms with Gasteiger partial charge in [0.15, 0.2) is 0 Å². The Labute approximate surface area is 162 Å². The summed E-state index contributed by atoms with van der Waals surface area (Å²) in [7, 11) is 0. The van der Waals surface area contributed by atoms with Gasteiger partial charge in [-0.05, 0) is 48.0 Å². The molecule has 5 nitrogen and oxygen atoms in total. The van der Waals surface area contributed by atoms with Crippen LogP contribution in [-0.4, -0.2) is 4.98 Å². The molecule has 0 saturated carbocycles. The van der Waals surface area contributed by atoms with Crippen molar-refractivity contribution in [3.63, 3.8) is 0 Å². The number of ether oxygens (including phenoxy) is 2. The Morgan fingerprint density at radius 3 is 2.46 bits per heavy atom. The maximum atomic E-state index is 9.22.